The van der Waals surface area contributed by atoms with Gasteiger partial charge in [-0.25, -0.2) is 0 Å². The maximum absolute atomic E-state index is 11.7. The maximum Gasteiger partial charge on any atom is 0.242 e. The summed E-state index contributed by atoms with van der Waals surface area (Å²) in [7, 11) is 1.62. The van der Waals surface area contributed by atoms with Gasteiger partial charge in [-0.05, 0) is 25.0 Å². The van der Waals surface area contributed by atoms with Crippen molar-refractivity contribution in [1.29, 1.82) is 0 Å². The molecule has 2 rings (SSSR count). The van der Waals surface area contributed by atoms with Crippen LogP contribution in [0.4, 0.5) is 5.69 Å². The van der Waals surface area contributed by atoms with Crippen LogP contribution in [-0.4, -0.2) is 24.9 Å². The Labute approximate surface area is 100.0 Å². The van der Waals surface area contributed by atoms with E-state index in [0.29, 0.717) is 6.04 Å². The summed E-state index contributed by atoms with van der Waals surface area (Å²) in [4.78, 5) is 13.5. The highest BCUT2D eigenvalue weighted by Gasteiger charge is 2.33. The molecule has 4 heteroatoms. The minimum Gasteiger partial charge on any atom is -0.497 e. The molecule has 0 heterocycles. The number of nitrogens with zero attached hydrogens (tertiary/aromatic N) is 1. The van der Waals surface area contributed by atoms with Crippen molar-refractivity contribution in [2.24, 2.45) is 0 Å². The molecule has 0 bridgehead atoms. The molecule has 0 aromatic heterocycles. The van der Waals surface area contributed by atoms with Gasteiger partial charge in [0, 0.05) is 17.8 Å². The van der Waals surface area contributed by atoms with Gasteiger partial charge in [0.15, 0.2) is 0 Å². The molecule has 0 unspecified atom stereocenters. The summed E-state index contributed by atoms with van der Waals surface area (Å²) >= 11 is 5.62. The van der Waals surface area contributed by atoms with Crippen molar-refractivity contribution in [2.75, 3.05) is 17.9 Å². The van der Waals surface area contributed by atoms with E-state index in [1.807, 2.05) is 24.3 Å². The fourth-order valence-electron chi connectivity index (χ4n) is 1.72. The number of hydrogen-bond acceptors (Lipinski definition) is 2. The Hall–Kier alpha value is -1.22. The third-order valence-corrected chi connectivity index (χ3v) is 2.86. The van der Waals surface area contributed by atoms with Gasteiger partial charge in [0.2, 0.25) is 5.91 Å². The molecule has 0 spiro atoms. The molecule has 1 saturated carbocycles. The molecular weight excluding hydrogens is 226 g/mol. The summed E-state index contributed by atoms with van der Waals surface area (Å²) in [5.74, 6) is 0.733. The fourth-order valence-corrected chi connectivity index (χ4v) is 1.84. The van der Waals surface area contributed by atoms with Crippen molar-refractivity contribution in [2.45, 2.75) is 18.9 Å². The Kier molecular flexibility index (Phi) is 3.34. The Balaban J connectivity index is 2.27. The SMILES string of the molecule is COc1cccc(N(C(=O)CCl)C2CC2)c1. The summed E-state index contributed by atoms with van der Waals surface area (Å²) < 4.78 is 5.15. The van der Waals surface area contributed by atoms with E-state index in [1.165, 1.54) is 0 Å². The number of anilines is 1. The number of methoxy groups -OCH3 is 1. The molecule has 86 valence electrons. The highest BCUT2D eigenvalue weighted by molar-refractivity contribution is 6.29. The van der Waals surface area contributed by atoms with Gasteiger partial charge in [0.05, 0.1) is 7.11 Å². The van der Waals surface area contributed by atoms with Crippen LogP contribution in [0.3, 0.4) is 0 Å². The summed E-state index contributed by atoms with van der Waals surface area (Å²) in [6, 6.07) is 7.83. The van der Waals surface area contributed by atoms with Crippen LogP contribution in [-0.2, 0) is 4.79 Å². The van der Waals surface area contributed by atoms with Gasteiger partial charge >= 0.3 is 0 Å². The van der Waals surface area contributed by atoms with Crippen LogP contribution in [0.25, 0.3) is 0 Å². The molecule has 0 aliphatic heterocycles. The molecule has 1 aromatic carbocycles. The number of carbonyl (C=O) groups excluding carboxylic acids is 1. The van der Waals surface area contributed by atoms with Crippen LogP contribution in [0.2, 0.25) is 0 Å². The lowest BCUT2D eigenvalue weighted by Crippen LogP contribution is -2.33. The molecule has 1 aliphatic rings. The van der Waals surface area contributed by atoms with Gasteiger partial charge in [-0.15, -0.1) is 11.6 Å². The molecular formula is C12H14ClNO2. The highest BCUT2D eigenvalue weighted by atomic mass is 35.5. The summed E-state index contributed by atoms with van der Waals surface area (Å²) in [5, 5.41) is 0. The van der Waals surface area contributed by atoms with Crippen molar-refractivity contribution in [3.05, 3.63) is 24.3 Å². The number of halogens is 1. The fraction of sp³-hybridized carbons (Fsp3) is 0.417. The van der Waals surface area contributed by atoms with Crippen LogP contribution in [0.5, 0.6) is 5.75 Å². The number of rotatable bonds is 4. The molecule has 1 aliphatic carbocycles. The van der Waals surface area contributed by atoms with E-state index in [1.54, 1.807) is 12.0 Å². The van der Waals surface area contributed by atoms with Crippen LogP contribution >= 0.6 is 11.6 Å². The molecule has 3 nitrogen and oxygen atoms in total. The normalized spacial score (nSPS) is 14.6. The number of amides is 1. The number of carbonyl (C=O) groups is 1. The van der Waals surface area contributed by atoms with Gasteiger partial charge in [-0.3, -0.25) is 4.79 Å². The number of benzene rings is 1. The summed E-state index contributed by atoms with van der Waals surface area (Å²) in [5.41, 5.74) is 0.868. The average Bonchev–Trinajstić information content (AvgIpc) is 3.14. The average molecular weight is 240 g/mol. The first-order valence-electron chi connectivity index (χ1n) is 5.28. The number of alkyl halides is 1. The standard InChI is InChI=1S/C12H14ClNO2/c1-16-11-4-2-3-10(7-11)14(9-5-6-9)12(15)8-13/h2-4,7,9H,5-6,8H2,1H3. The van der Waals surface area contributed by atoms with Gasteiger partial charge < -0.3 is 9.64 Å². The van der Waals surface area contributed by atoms with Crippen molar-refractivity contribution < 1.29 is 9.53 Å². The molecule has 16 heavy (non-hydrogen) atoms. The first-order valence-corrected chi connectivity index (χ1v) is 5.82. The minimum absolute atomic E-state index is 0.0215. The lowest BCUT2D eigenvalue weighted by Gasteiger charge is -2.21. The Morgan fingerprint density at radius 3 is 2.88 bits per heavy atom. The Bertz CT molecular complexity index is 390. The quantitative estimate of drug-likeness (QED) is 0.756. The van der Waals surface area contributed by atoms with E-state index < -0.39 is 0 Å². The van der Waals surface area contributed by atoms with Gasteiger partial charge in [0.1, 0.15) is 11.6 Å². The lowest BCUT2D eigenvalue weighted by molar-refractivity contribution is -0.116. The summed E-state index contributed by atoms with van der Waals surface area (Å²) in [6.07, 6.45) is 2.11. The maximum atomic E-state index is 11.7. The monoisotopic (exact) mass is 239 g/mol. The van der Waals surface area contributed by atoms with E-state index in [0.717, 1.165) is 24.3 Å². The smallest absolute Gasteiger partial charge is 0.242 e. The minimum atomic E-state index is -0.0441. The Morgan fingerprint density at radius 1 is 1.56 bits per heavy atom. The molecule has 0 atom stereocenters. The largest absolute Gasteiger partial charge is 0.497 e. The zero-order valence-corrected chi connectivity index (χ0v) is 9.91. The second-order valence-electron chi connectivity index (χ2n) is 3.83. The van der Waals surface area contributed by atoms with E-state index in [2.05, 4.69) is 0 Å². The van der Waals surface area contributed by atoms with Crippen LogP contribution in [0.15, 0.2) is 24.3 Å². The zero-order valence-electron chi connectivity index (χ0n) is 9.15. The first kappa shape index (κ1) is 11.3. The molecule has 1 fully saturated rings. The predicted octanol–water partition coefficient (Wildman–Crippen LogP) is 2.43. The van der Waals surface area contributed by atoms with Crippen molar-refractivity contribution in [1.82, 2.24) is 0 Å². The van der Waals surface area contributed by atoms with Gasteiger partial charge in [-0.2, -0.15) is 0 Å². The molecule has 0 N–H and O–H groups in total. The second-order valence-corrected chi connectivity index (χ2v) is 4.10. The van der Waals surface area contributed by atoms with Crippen LogP contribution in [0.1, 0.15) is 12.8 Å². The number of ether oxygens (including phenoxy) is 1. The van der Waals surface area contributed by atoms with Crippen molar-refractivity contribution in [3.63, 3.8) is 0 Å². The Morgan fingerprint density at radius 2 is 2.31 bits per heavy atom. The van der Waals surface area contributed by atoms with E-state index >= 15 is 0 Å². The molecule has 1 amide bonds. The molecule has 1 aromatic rings. The van der Waals surface area contributed by atoms with E-state index in [4.69, 9.17) is 16.3 Å². The van der Waals surface area contributed by atoms with E-state index in [9.17, 15) is 4.79 Å². The molecule has 0 radical (unpaired) electrons. The summed E-state index contributed by atoms with van der Waals surface area (Å²) in [6.45, 7) is 0. The number of hydrogen-bond donors (Lipinski definition) is 0. The third-order valence-electron chi connectivity index (χ3n) is 2.63. The van der Waals surface area contributed by atoms with Crippen molar-refractivity contribution in [3.8, 4) is 5.75 Å². The zero-order chi connectivity index (χ0) is 11.5. The second kappa shape index (κ2) is 4.74. The van der Waals surface area contributed by atoms with Gasteiger partial charge in [0.25, 0.3) is 0 Å². The van der Waals surface area contributed by atoms with Crippen LogP contribution < -0.4 is 9.64 Å². The van der Waals surface area contributed by atoms with E-state index in [-0.39, 0.29) is 11.8 Å². The highest BCUT2D eigenvalue weighted by Crippen LogP contribution is 2.33. The van der Waals surface area contributed by atoms with Crippen LogP contribution in [0, 0.1) is 0 Å². The third kappa shape index (κ3) is 2.30. The van der Waals surface area contributed by atoms with Gasteiger partial charge in [-0.1, -0.05) is 6.07 Å². The lowest BCUT2D eigenvalue weighted by atomic mass is 10.2. The van der Waals surface area contributed by atoms with Crippen molar-refractivity contribution >= 4 is 23.2 Å². The topological polar surface area (TPSA) is 29.5 Å². The first-order chi connectivity index (χ1) is 7.76. The predicted molar refractivity (Wildman–Crippen MR) is 64.2 cm³/mol. The molecule has 0 saturated heterocycles.